The van der Waals surface area contributed by atoms with Crippen LogP contribution in [0.3, 0.4) is 0 Å². The van der Waals surface area contributed by atoms with Gasteiger partial charge in [0.2, 0.25) is 5.91 Å². The predicted molar refractivity (Wildman–Crippen MR) is 73.5 cm³/mol. The summed E-state index contributed by atoms with van der Waals surface area (Å²) in [5.41, 5.74) is 1.11. The number of likely N-dealkylation sites (tertiary alicyclic amines) is 1. The fourth-order valence-electron chi connectivity index (χ4n) is 2.30. The van der Waals surface area contributed by atoms with Crippen LogP contribution in [0.2, 0.25) is 0 Å². The molecule has 0 aromatic heterocycles. The second kappa shape index (κ2) is 7.04. The van der Waals surface area contributed by atoms with Gasteiger partial charge in [0.1, 0.15) is 6.29 Å². The summed E-state index contributed by atoms with van der Waals surface area (Å²) < 4.78 is 0. The molecule has 0 saturated carbocycles. The number of nitrogens with one attached hydrogen (secondary N) is 1. The molecule has 4 heteroatoms. The second-order valence-electron chi connectivity index (χ2n) is 5.01. The van der Waals surface area contributed by atoms with E-state index < -0.39 is 0 Å². The first-order chi connectivity index (χ1) is 9.28. The molecule has 1 aliphatic rings. The summed E-state index contributed by atoms with van der Waals surface area (Å²) in [6.45, 7) is 2.67. The molecule has 0 unspecified atom stereocenters. The van der Waals surface area contributed by atoms with E-state index in [0.717, 1.165) is 37.8 Å². The van der Waals surface area contributed by atoms with Crippen LogP contribution in [0.4, 0.5) is 0 Å². The van der Waals surface area contributed by atoms with E-state index in [4.69, 9.17) is 0 Å². The van der Waals surface area contributed by atoms with Crippen LogP contribution in [0.25, 0.3) is 0 Å². The molecule has 0 bridgehead atoms. The highest BCUT2D eigenvalue weighted by Gasteiger charge is 2.19. The van der Waals surface area contributed by atoms with Gasteiger partial charge in [0.05, 0.1) is 6.54 Å². The standard InChI is InChI=1S/C15H20N2O2/c18-12-14-6-8-17(9-7-14)11-15(19)16-10-13-4-2-1-3-5-13/h1-5,12,14H,6-11H2,(H,16,19). The Morgan fingerprint density at radius 3 is 2.58 bits per heavy atom. The van der Waals surface area contributed by atoms with E-state index >= 15 is 0 Å². The van der Waals surface area contributed by atoms with Crippen LogP contribution in [-0.2, 0) is 16.1 Å². The second-order valence-corrected chi connectivity index (χ2v) is 5.01. The topological polar surface area (TPSA) is 49.4 Å². The van der Waals surface area contributed by atoms with Crippen molar-refractivity contribution >= 4 is 12.2 Å². The number of amides is 1. The van der Waals surface area contributed by atoms with E-state index in [1.165, 1.54) is 0 Å². The molecule has 1 amide bonds. The first-order valence-electron chi connectivity index (χ1n) is 6.76. The Kier molecular flexibility index (Phi) is 5.10. The minimum absolute atomic E-state index is 0.0495. The molecule has 0 aliphatic carbocycles. The van der Waals surface area contributed by atoms with Gasteiger partial charge in [0, 0.05) is 12.5 Å². The summed E-state index contributed by atoms with van der Waals surface area (Å²) >= 11 is 0. The van der Waals surface area contributed by atoms with Gasteiger partial charge in [-0.2, -0.15) is 0 Å². The van der Waals surface area contributed by atoms with Gasteiger partial charge in [-0.1, -0.05) is 30.3 Å². The molecular weight excluding hydrogens is 240 g/mol. The lowest BCUT2D eigenvalue weighted by Crippen LogP contribution is -2.41. The smallest absolute Gasteiger partial charge is 0.234 e. The van der Waals surface area contributed by atoms with Crippen LogP contribution in [0.15, 0.2) is 30.3 Å². The Hall–Kier alpha value is -1.68. The zero-order valence-electron chi connectivity index (χ0n) is 11.0. The largest absolute Gasteiger partial charge is 0.351 e. The third kappa shape index (κ3) is 4.48. The minimum Gasteiger partial charge on any atom is -0.351 e. The third-order valence-electron chi connectivity index (χ3n) is 3.52. The van der Waals surface area contributed by atoms with Crippen molar-refractivity contribution in [1.29, 1.82) is 0 Å². The maximum Gasteiger partial charge on any atom is 0.234 e. The zero-order valence-corrected chi connectivity index (χ0v) is 11.0. The van der Waals surface area contributed by atoms with Gasteiger partial charge in [0.15, 0.2) is 0 Å². The van der Waals surface area contributed by atoms with Crippen molar-refractivity contribution in [3.8, 4) is 0 Å². The SMILES string of the molecule is O=CC1CCN(CC(=O)NCc2ccccc2)CC1. The van der Waals surface area contributed by atoms with Gasteiger partial charge in [-0.3, -0.25) is 9.69 Å². The quantitative estimate of drug-likeness (QED) is 0.810. The van der Waals surface area contributed by atoms with E-state index in [1.54, 1.807) is 0 Å². The van der Waals surface area contributed by atoms with E-state index in [2.05, 4.69) is 10.2 Å². The number of hydrogen-bond acceptors (Lipinski definition) is 3. The Balaban J connectivity index is 1.69. The first kappa shape index (κ1) is 13.7. The van der Waals surface area contributed by atoms with Crippen LogP contribution in [0, 0.1) is 5.92 Å². The van der Waals surface area contributed by atoms with Crippen molar-refractivity contribution < 1.29 is 9.59 Å². The molecule has 0 spiro atoms. The molecule has 4 nitrogen and oxygen atoms in total. The first-order valence-corrected chi connectivity index (χ1v) is 6.76. The maximum atomic E-state index is 11.8. The summed E-state index contributed by atoms with van der Waals surface area (Å²) in [6.07, 6.45) is 2.78. The number of hydrogen-bond donors (Lipinski definition) is 1. The van der Waals surface area contributed by atoms with Gasteiger partial charge < -0.3 is 10.1 Å². The summed E-state index contributed by atoms with van der Waals surface area (Å²) in [7, 11) is 0. The van der Waals surface area contributed by atoms with Crippen molar-refractivity contribution in [3.05, 3.63) is 35.9 Å². The number of piperidine rings is 1. The Bertz CT molecular complexity index is 411. The monoisotopic (exact) mass is 260 g/mol. The Morgan fingerprint density at radius 2 is 1.95 bits per heavy atom. The van der Waals surface area contributed by atoms with Gasteiger partial charge >= 0.3 is 0 Å². The van der Waals surface area contributed by atoms with Gasteiger partial charge in [-0.05, 0) is 31.5 Å². The molecular formula is C15H20N2O2. The van der Waals surface area contributed by atoms with Crippen LogP contribution >= 0.6 is 0 Å². The van der Waals surface area contributed by atoms with Crippen molar-refractivity contribution in [2.45, 2.75) is 19.4 Å². The summed E-state index contributed by atoms with van der Waals surface area (Å²) in [6, 6.07) is 9.88. The number of rotatable bonds is 5. The van der Waals surface area contributed by atoms with E-state index in [1.807, 2.05) is 30.3 Å². The van der Waals surface area contributed by atoms with Crippen molar-refractivity contribution in [2.24, 2.45) is 5.92 Å². The van der Waals surface area contributed by atoms with Gasteiger partial charge in [-0.15, -0.1) is 0 Å². The molecule has 0 radical (unpaired) electrons. The van der Waals surface area contributed by atoms with Crippen LogP contribution in [0.1, 0.15) is 18.4 Å². The lowest BCUT2D eigenvalue weighted by Gasteiger charge is -2.28. The lowest BCUT2D eigenvalue weighted by molar-refractivity contribution is -0.122. The molecule has 1 fully saturated rings. The molecule has 2 rings (SSSR count). The summed E-state index contributed by atoms with van der Waals surface area (Å²) in [5.74, 6) is 0.233. The number of nitrogens with zero attached hydrogens (tertiary/aromatic N) is 1. The fourth-order valence-corrected chi connectivity index (χ4v) is 2.30. The van der Waals surface area contributed by atoms with Crippen LogP contribution in [0.5, 0.6) is 0 Å². The highest BCUT2D eigenvalue weighted by molar-refractivity contribution is 5.78. The van der Waals surface area contributed by atoms with Crippen LogP contribution < -0.4 is 5.32 Å². The Morgan fingerprint density at radius 1 is 1.26 bits per heavy atom. The van der Waals surface area contributed by atoms with Crippen molar-refractivity contribution in [2.75, 3.05) is 19.6 Å². The molecule has 102 valence electrons. The molecule has 19 heavy (non-hydrogen) atoms. The van der Waals surface area contributed by atoms with Gasteiger partial charge in [0.25, 0.3) is 0 Å². The number of benzene rings is 1. The lowest BCUT2D eigenvalue weighted by atomic mass is 9.99. The van der Waals surface area contributed by atoms with Crippen molar-refractivity contribution in [1.82, 2.24) is 10.2 Å². The third-order valence-corrected chi connectivity index (χ3v) is 3.52. The summed E-state index contributed by atoms with van der Waals surface area (Å²) in [4.78, 5) is 24.6. The molecule has 1 aromatic rings. The molecule has 0 atom stereocenters. The molecule has 1 N–H and O–H groups in total. The molecule has 1 aromatic carbocycles. The number of carbonyl (C=O) groups excluding carboxylic acids is 2. The van der Waals surface area contributed by atoms with E-state index in [0.29, 0.717) is 13.1 Å². The highest BCUT2D eigenvalue weighted by atomic mass is 16.2. The normalized spacial score (nSPS) is 17.1. The minimum atomic E-state index is 0.0495. The molecule has 1 heterocycles. The fraction of sp³-hybridized carbons (Fsp3) is 0.467. The highest BCUT2D eigenvalue weighted by Crippen LogP contribution is 2.14. The zero-order chi connectivity index (χ0) is 13.5. The molecule has 1 aliphatic heterocycles. The average Bonchev–Trinajstić information content (AvgIpc) is 2.47. The predicted octanol–water partition coefficient (Wildman–Crippen LogP) is 1.21. The Labute approximate surface area is 113 Å². The number of aldehydes is 1. The summed E-state index contributed by atoms with van der Waals surface area (Å²) in [5, 5.41) is 2.92. The average molecular weight is 260 g/mol. The van der Waals surface area contributed by atoms with E-state index in [-0.39, 0.29) is 11.8 Å². The molecule has 1 saturated heterocycles. The van der Waals surface area contributed by atoms with Crippen LogP contribution in [-0.4, -0.2) is 36.7 Å². The van der Waals surface area contributed by atoms with Crippen molar-refractivity contribution in [3.63, 3.8) is 0 Å². The number of carbonyl (C=O) groups is 2. The maximum absolute atomic E-state index is 11.8. The van der Waals surface area contributed by atoms with Gasteiger partial charge in [-0.25, -0.2) is 0 Å². The van der Waals surface area contributed by atoms with E-state index in [9.17, 15) is 9.59 Å².